The summed E-state index contributed by atoms with van der Waals surface area (Å²) >= 11 is 0. The molecule has 0 unspecified atom stereocenters. The topological polar surface area (TPSA) is 3.24 Å². The van der Waals surface area contributed by atoms with Gasteiger partial charge in [0.2, 0.25) is 0 Å². The van der Waals surface area contributed by atoms with Gasteiger partial charge in [-0.25, -0.2) is 0 Å². The SMILES string of the molecule is CCN1C=CC=CB1P(c1ccccc1)c1ccccc1. The van der Waals surface area contributed by atoms with E-state index in [9.17, 15) is 0 Å². The van der Waals surface area contributed by atoms with Crippen molar-refractivity contribution < 1.29 is 0 Å². The van der Waals surface area contributed by atoms with Crippen molar-refractivity contribution in [2.45, 2.75) is 6.92 Å². The lowest BCUT2D eigenvalue weighted by Gasteiger charge is -2.33. The smallest absolute Gasteiger partial charge is 0.319 e. The van der Waals surface area contributed by atoms with E-state index in [0.717, 1.165) is 6.54 Å². The molecule has 2 aromatic rings. The Labute approximate surface area is 128 Å². The van der Waals surface area contributed by atoms with E-state index in [2.05, 4.69) is 96.7 Å². The van der Waals surface area contributed by atoms with Crippen LogP contribution in [0.15, 0.2) is 85.0 Å². The van der Waals surface area contributed by atoms with Crippen molar-refractivity contribution in [2.24, 2.45) is 0 Å². The molecule has 0 atom stereocenters. The van der Waals surface area contributed by atoms with Crippen LogP contribution in [0.4, 0.5) is 0 Å². The van der Waals surface area contributed by atoms with Gasteiger partial charge >= 0.3 is 6.57 Å². The average Bonchev–Trinajstić information content (AvgIpc) is 2.58. The fraction of sp³-hybridized carbons (Fsp3) is 0.111. The van der Waals surface area contributed by atoms with Crippen LogP contribution >= 0.6 is 7.80 Å². The molecule has 0 saturated carbocycles. The van der Waals surface area contributed by atoms with Crippen LogP contribution in [0.25, 0.3) is 0 Å². The van der Waals surface area contributed by atoms with E-state index < -0.39 is 7.80 Å². The zero-order valence-electron chi connectivity index (χ0n) is 12.3. The second-order valence-corrected chi connectivity index (χ2v) is 7.31. The van der Waals surface area contributed by atoms with Gasteiger partial charge in [-0.1, -0.05) is 72.7 Å². The van der Waals surface area contributed by atoms with Crippen LogP contribution in [0.1, 0.15) is 6.92 Å². The normalized spacial score (nSPS) is 14.0. The van der Waals surface area contributed by atoms with Gasteiger partial charge in [-0.05, 0) is 37.6 Å². The molecule has 0 radical (unpaired) electrons. The minimum atomic E-state index is -0.426. The molecular weight excluding hydrogens is 272 g/mol. The van der Waals surface area contributed by atoms with E-state index in [0.29, 0.717) is 6.57 Å². The number of hydrogen-bond donors (Lipinski definition) is 0. The van der Waals surface area contributed by atoms with Crippen LogP contribution < -0.4 is 10.6 Å². The number of nitrogens with zero attached hydrogens (tertiary/aromatic N) is 1. The first kappa shape index (κ1) is 14.2. The highest BCUT2D eigenvalue weighted by Crippen LogP contribution is 2.39. The molecule has 0 fully saturated rings. The molecule has 0 aromatic heterocycles. The maximum absolute atomic E-state index is 2.44. The van der Waals surface area contributed by atoms with Crippen LogP contribution in [0.3, 0.4) is 0 Å². The van der Waals surface area contributed by atoms with Gasteiger partial charge in [-0.3, -0.25) is 0 Å². The summed E-state index contributed by atoms with van der Waals surface area (Å²) in [5.41, 5.74) is 0. The average molecular weight is 291 g/mol. The zero-order chi connectivity index (χ0) is 14.5. The van der Waals surface area contributed by atoms with Gasteiger partial charge in [0.1, 0.15) is 0 Å². The van der Waals surface area contributed by atoms with Crippen molar-refractivity contribution in [1.82, 2.24) is 4.81 Å². The number of rotatable bonds is 4. The molecule has 104 valence electrons. The summed E-state index contributed by atoms with van der Waals surface area (Å²) in [6, 6.07) is 21.8. The van der Waals surface area contributed by atoms with Crippen molar-refractivity contribution in [3.05, 3.63) is 85.0 Å². The molecule has 21 heavy (non-hydrogen) atoms. The fourth-order valence-electron chi connectivity index (χ4n) is 2.68. The maximum atomic E-state index is 2.44. The fourth-order valence-corrected chi connectivity index (χ4v) is 5.39. The van der Waals surface area contributed by atoms with Gasteiger partial charge in [0, 0.05) is 6.54 Å². The number of benzene rings is 2. The quantitative estimate of drug-likeness (QED) is 0.615. The van der Waals surface area contributed by atoms with Gasteiger partial charge < -0.3 is 4.81 Å². The van der Waals surface area contributed by atoms with Crippen LogP contribution in [0.5, 0.6) is 0 Å². The van der Waals surface area contributed by atoms with Gasteiger partial charge in [0.15, 0.2) is 0 Å². The van der Waals surface area contributed by atoms with E-state index in [-0.39, 0.29) is 0 Å². The third kappa shape index (κ3) is 3.11. The minimum absolute atomic E-state index is 0.426. The van der Waals surface area contributed by atoms with Crippen LogP contribution in [-0.2, 0) is 0 Å². The Kier molecular flexibility index (Phi) is 4.57. The molecular formula is C18H19BNP. The summed E-state index contributed by atoms with van der Waals surface area (Å²) in [5.74, 6) is 2.34. The highest BCUT2D eigenvalue weighted by Gasteiger charge is 2.31. The highest BCUT2D eigenvalue weighted by atomic mass is 31.1. The molecule has 1 aliphatic rings. The lowest BCUT2D eigenvalue weighted by Crippen LogP contribution is -2.39. The van der Waals surface area contributed by atoms with E-state index in [1.165, 1.54) is 10.6 Å². The monoisotopic (exact) mass is 291 g/mol. The Bertz CT molecular complexity index is 585. The van der Waals surface area contributed by atoms with Crippen LogP contribution in [-0.4, -0.2) is 17.9 Å². The molecule has 0 saturated heterocycles. The number of allylic oxidation sites excluding steroid dienone is 2. The van der Waals surface area contributed by atoms with E-state index in [1.807, 2.05) is 0 Å². The van der Waals surface area contributed by atoms with Gasteiger partial charge in [-0.15, -0.1) is 0 Å². The molecule has 1 aliphatic heterocycles. The Morgan fingerprint density at radius 1 is 0.857 bits per heavy atom. The molecule has 0 spiro atoms. The molecule has 3 rings (SSSR count). The molecule has 3 heteroatoms. The summed E-state index contributed by atoms with van der Waals surface area (Å²) in [4.78, 5) is 2.44. The summed E-state index contributed by atoms with van der Waals surface area (Å²) in [7, 11) is -0.426. The first-order chi connectivity index (χ1) is 10.4. The Morgan fingerprint density at radius 2 is 1.43 bits per heavy atom. The predicted octanol–water partition coefficient (Wildman–Crippen LogP) is 3.55. The second-order valence-electron chi connectivity index (χ2n) is 5.01. The Hall–Kier alpha value is -1.79. The Morgan fingerprint density at radius 3 is 1.95 bits per heavy atom. The van der Waals surface area contributed by atoms with Gasteiger partial charge in [0.25, 0.3) is 0 Å². The molecule has 0 aliphatic carbocycles. The molecule has 0 N–H and O–H groups in total. The lowest BCUT2D eigenvalue weighted by molar-refractivity contribution is 0.622. The standard InChI is InChI=1S/C18H19BNP/c1-2-20-16-10-9-15-19(20)21(17-11-5-3-6-12-17)18-13-7-4-8-14-18/h3-16H,2H2,1H3. The van der Waals surface area contributed by atoms with E-state index in [1.54, 1.807) is 0 Å². The molecule has 0 bridgehead atoms. The summed E-state index contributed by atoms with van der Waals surface area (Å²) < 4.78 is 0. The Balaban J connectivity index is 2.04. The molecule has 1 nitrogen and oxygen atoms in total. The van der Waals surface area contributed by atoms with Crippen LogP contribution in [0.2, 0.25) is 0 Å². The zero-order valence-corrected chi connectivity index (χ0v) is 13.2. The van der Waals surface area contributed by atoms with Crippen molar-refractivity contribution in [3.63, 3.8) is 0 Å². The molecule has 0 amide bonds. The van der Waals surface area contributed by atoms with Crippen LogP contribution in [0, 0.1) is 0 Å². The van der Waals surface area contributed by atoms with Gasteiger partial charge in [0.05, 0.1) is 0 Å². The first-order valence-electron chi connectivity index (χ1n) is 7.40. The third-order valence-corrected chi connectivity index (χ3v) is 6.42. The predicted molar refractivity (Wildman–Crippen MR) is 95.5 cm³/mol. The van der Waals surface area contributed by atoms with E-state index in [4.69, 9.17) is 0 Å². The second kappa shape index (κ2) is 6.78. The summed E-state index contributed by atoms with van der Waals surface area (Å²) in [5, 5.41) is 2.86. The maximum Gasteiger partial charge on any atom is 0.319 e. The molecule has 2 aromatic carbocycles. The first-order valence-corrected chi connectivity index (χ1v) is 8.81. The third-order valence-electron chi connectivity index (χ3n) is 3.71. The van der Waals surface area contributed by atoms with Crippen molar-refractivity contribution in [3.8, 4) is 0 Å². The largest absolute Gasteiger partial charge is 0.413 e. The van der Waals surface area contributed by atoms with Crippen molar-refractivity contribution in [2.75, 3.05) is 6.54 Å². The van der Waals surface area contributed by atoms with Crippen molar-refractivity contribution >= 4 is 25.0 Å². The minimum Gasteiger partial charge on any atom is -0.413 e. The lowest BCUT2D eigenvalue weighted by atomic mass is 9.86. The summed E-state index contributed by atoms with van der Waals surface area (Å²) in [6.45, 7) is 3.68. The summed E-state index contributed by atoms with van der Waals surface area (Å²) in [6.07, 6.45) is 6.52. The molecule has 1 heterocycles. The highest BCUT2D eigenvalue weighted by molar-refractivity contribution is 8.01. The number of hydrogen-bond acceptors (Lipinski definition) is 1. The van der Waals surface area contributed by atoms with Gasteiger partial charge in [-0.2, -0.15) is 0 Å². The van der Waals surface area contributed by atoms with E-state index >= 15 is 0 Å². The van der Waals surface area contributed by atoms with Crippen molar-refractivity contribution in [1.29, 1.82) is 0 Å².